The predicted molar refractivity (Wildman–Crippen MR) is 149 cm³/mol. The van der Waals surface area contributed by atoms with E-state index >= 15 is 0 Å². The van der Waals surface area contributed by atoms with Gasteiger partial charge in [-0.3, -0.25) is 19.3 Å². The number of unbranched alkanes of at least 4 members (excludes halogenated alkanes) is 3. The first-order valence-corrected chi connectivity index (χ1v) is 14.9. The van der Waals surface area contributed by atoms with Crippen molar-refractivity contribution in [3.63, 3.8) is 0 Å². The van der Waals surface area contributed by atoms with Crippen molar-refractivity contribution in [3.05, 3.63) is 25.3 Å². The average Bonchev–Trinajstić information content (AvgIpc) is 3.52. The number of carbonyl (C=O) groups excluding carboxylic acids is 3. The molecule has 1 spiro atoms. The van der Waals surface area contributed by atoms with Crippen LogP contribution >= 0.6 is 0 Å². The molecular weight excluding hydrogens is 514 g/mol. The summed E-state index contributed by atoms with van der Waals surface area (Å²) in [6, 6.07) is -0.833. The molecular formula is C30H47N3O7. The van der Waals surface area contributed by atoms with Crippen molar-refractivity contribution in [2.24, 2.45) is 11.8 Å². The number of carbonyl (C=O) groups is 3. The van der Waals surface area contributed by atoms with Crippen LogP contribution < -0.4 is 0 Å². The number of fused-ring (bicyclic) bond motifs is 1. The van der Waals surface area contributed by atoms with Crippen LogP contribution in [0.5, 0.6) is 0 Å². The zero-order valence-corrected chi connectivity index (χ0v) is 24.1. The standard InChI is InChI=1S/C30H47N3O7/c1-4-6-7-10-20-39-28(37)24-23-26(35)33(14-8-9-19-34)25(30(23)12-11-29(24,3)40-30)27(36)32(13-5-2)16-15-31-17-21-38-22-18-31/h4-5,23-25,34H,1-2,6-22H2,3H3/t23-,24-,25?,29+,30?/m0/s1. The normalized spacial score (nSPS) is 31.3. The van der Waals surface area contributed by atoms with Crippen LogP contribution in [0, 0.1) is 11.8 Å². The fourth-order valence-corrected chi connectivity index (χ4v) is 7.06. The van der Waals surface area contributed by atoms with Crippen LogP contribution in [0.2, 0.25) is 0 Å². The number of hydrogen-bond donors (Lipinski definition) is 1. The van der Waals surface area contributed by atoms with Gasteiger partial charge in [0.1, 0.15) is 17.6 Å². The van der Waals surface area contributed by atoms with Gasteiger partial charge in [0, 0.05) is 45.9 Å². The van der Waals surface area contributed by atoms with Crippen LogP contribution in [0.15, 0.2) is 25.3 Å². The van der Waals surface area contributed by atoms with Gasteiger partial charge in [0.05, 0.1) is 31.3 Å². The van der Waals surface area contributed by atoms with E-state index in [1.165, 1.54) is 0 Å². The third kappa shape index (κ3) is 6.00. The van der Waals surface area contributed by atoms with E-state index < -0.39 is 35.0 Å². The van der Waals surface area contributed by atoms with Crippen LogP contribution in [0.25, 0.3) is 0 Å². The van der Waals surface area contributed by atoms with Crippen LogP contribution in [0.4, 0.5) is 0 Å². The van der Waals surface area contributed by atoms with Gasteiger partial charge in [0.2, 0.25) is 11.8 Å². The number of esters is 1. The van der Waals surface area contributed by atoms with Gasteiger partial charge in [-0.1, -0.05) is 12.2 Å². The van der Waals surface area contributed by atoms with Crippen molar-refractivity contribution in [1.29, 1.82) is 0 Å². The summed E-state index contributed by atoms with van der Waals surface area (Å²) >= 11 is 0. The molecule has 0 saturated carbocycles. The SMILES string of the molecule is C=CCCCCOC(=O)[C@@H]1[C@H]2C(=O)N(CCCCO)C(C(=O)N(CC=C)CCN3CCOCC3)C23CC[C@@]1(C)O3. The summed E-state index contributed by atoms with van der Waals surface area (Å²) < 4.78 is 17.8. The number of rotatable bonds is 16. The van der Waals surface area contributed by atoms with E-state index in [1.807, 2.05) is 13.0 Å². The zero-order chi connectivity index (χ0) is 28.8. The highest BCUT2D eigenvalue weighted by Crippen LogP contribution is 2.63. The fourth-order valence-electron chi connectivity index (χ4n) is 7.06. The molecule has 4 aliphatic heterocycles. The Bertz CT molecular complexity index is 938. The smallest absolute Gasteiger partial charge is 0.312 e. The molecule has 0 aromatic carbocycles. The highest BCUT2D eigenvalue weighted by Gasteiger charge is 2.78. The Morgan fingerprint density at radius 3 is 2.60 bits per heavy atom. The van der Waals surface area contributed by atoms with Crippen molar-refractivity contribution < 1.29 is 33.7 Å². The molecule has 4 heterocycles. The van der Waals surface area contributed by atoms with Crippen LogP contribution in [-0.4, -0.2) is 121 Å². The van der Waals surface area contributed by atoms with Gasteiger partial charge in [-0.25, -0.2) is 0 Å². The lowest BCUT2D eigenvalue weighted by Gasteiger charge is -2.37. The Labute approximate surface area is 238 Å². The lowest BCUT2D eigenvalue weighted by molar-refractivity contribution is -0.160. The monoisotopic (exact) mass is 561 g/mol. The van der Waals surface area contributed by atoms with Crippen molar-refractivity contribution in [2.75, 3.05) is 65.7 Å². The third-order valence-corrected chi connectivity index (χ3v) is 9.07. The molecule has 2 unspecified atom stereocenters. The summed E-state index contributed by atoms with van der Waals surface area (Å²) in [5, 5.41) is 9.39. The summed E-state index contributed by atoms with van der Waals surface area (Å²) in [4.78, 5) is 47.6. The summed E-state index contributed by atoms with van der Waals surface area (Å²) in [7, 11) is 0. The Kier molecular flexibility index (Phi) is 10.4. The van der Waals surface area contributed by atoms with Gasteiger partial charge >= 0.3 is 5.97 Å². The van der Waals surface area contributed by atoms with Crippen molar-refractivity contribution in [2.45, 2.75) is 69.1 Å². The zero-order valence-electron chi connectivity index (χ0n) is 24.1. The number of nitrogens with zero attached hydrogens (tertiary/aromatic N) is 3. The van der Waals surface area contributed by atoms with E-state index in [1.54, 1.807) is 15.9 Å². The molecule has 40 heavy (non-hydrogen) atoms. The summed E-state index contributed by atoms with van der Waals surface area (Å²) in [6.45, 7) is 14.6. The van der Waals surface area contributed by atoms with E-state index in [0.29, 0.717) is 65.1 Å². The molecule has 5 atom stereocenters. The van der Waals surface area contributed by atoms with Crippen LogP contribution in [-0.2, 0) is 28.6 Å². The fraction of sp³-hybridized carbons (Fsp3) is 0.767. The molecule has 2 amide bonds. The molecule has 224 valence electrons. The van der Waals surface area contributed by atoms with Gasteiger partial charge in [0.15, 0.2) is 0 Å². The minimum atomic E-state index is -1.08. The second-order valence-electron chi connectivity index (χ2n) is 11.7. The maximum Gasteiger partial charge on any atom is 0.312 e. The summed E-state index contributed by atoms with van der Waals surface area (Å²) in [5.41, 5.74) is -1.93. The second-order valence-corrected chi connectivity index (χ2v) is 11.7. The van der Waals surface area contributed by atoms with Crippen LogP contribution in [0.3, 0.4) is 0 Å². The van der Waals surface area contributed by atoms with Crippen LogP contribution in [0.1, 0.15) is 51.9 Å². The Hall–Kier alpha value is -2.27. The number of likely N-dealkylation sites (tertiary alicyclic amines) is 1. The first-order chi connectivity index (χ1) is 19.3. The Morgan fingerprint density at radius 2 is 1.90 bits per heavy atom. The predicted octanol–water partition coefficient (Wildman–Crippen LogP) is 1.77. The lowest BCUT2D eigenvalue weighted by Crippen LogP contribution is -2.57. The molecule has 0 aromatic heterocycles. The summed E-state index contributed by atoms with van der Waals surface area (Å²) in [6.07, 6.45) is 8.18. The van der Waals surface area contributed by atoms with Gasteiger partial charge in [-0.2, -0.15) is 0 Å². The Morgan fingerprint density at radius 1 is 1.12 bits per heavy atom. The van der Waals surface area contributed by atoms with Gasteiger partial charge in [-0.15, -0.1) is 13.2 Å². The highest BCUT2D eigenvalue weighted by molar-refractivity contribution is 5.98. The number of allylic oxidation sites excluding steroid dienone is 1. The molecule has 2 bridgehead atoms. The molecule has 4 aliphatic rings. The van der Waals surface area contributed by atoms with Gasteiger partial charge < -0.3 is 29.1 Å². The quantitative estimate of drug-likeness (QED) is 0.173. The maximum atomic E-state index is 14.4. The first-order valence-electron chi connectivity index (χ1n) is 14.9. The number of morpholine rings is 1. The first kappa shape index (κ1) is 30.7. The number of aliphatic hydroxyl groups is 1. The molecule has 10 heteroatoms. The summed E-state index contributed by atoms with van der Waals surface area (Å²) in [5.74, 6) is -2.33. The van der Waals surface area contributed by atoms with E-state index in [9.17, 15) is 19.5 Å². The van der Waals surface area contributed by atoms with E-state index in [2.05, 4.69) is 18.1 Å². The second kappa shape index (κ2) is 13.6. The maximum absolute atomic E-state index is 14.4. The molecule has 0 radical (unpaired) electrons. The minimum absolute atomic E-state index is 0.00668. The number of ether oxygens (including phenoxy) is 3. The minimum Gasteiger partial charge on any atom is -0.465 e. The van der Waals surface area contributed by atoms with Crippen molar-refractivity contribution in [3.8, 4) is 0 Å². The average molecular weight is 562 g/mol. The number of amides is 2. The topological polar surface area (TPSA) is 109 Å². The largest absolute Gasteiger partial charge is 0.465 e. The third-order valence-electron chi connectivity index (χ3n) is 9.07. The van der Waals surface area contributed by atoms with Crippen molar-refractivity contribution in [1.82, 2.24) is 14.7 Å². The highest BCUT2D eigenvalue weighted by atomic mass is 16.6. The number of hydrogen-bond acceptors (Lipinski definition) is 8. The Balaban J connectivity index is 1.58. The van der Waals surface area contributed by atoms with Crippen molar-refractivity contribution >= 4 is 17.8 Å². The lowest BCUT2D eigenvalue weighted by atomic mass is 9.66. The molecule has 4 fully saturated rings. The van der Waals surface area contributed by atoms with E-state index in [0.717, 1.165) is 32.4 Å². The molecule has 1 N–H and O–H groups in total. The van der Waals surface area contributed by atoms with Gasteiger partial charge in [-0.05, 0) is 51.9 Å². The molecule has 0 aromatic rings. The van der Waals surface area contributed by atoms with E-state index in [4.69, 9.17) is 14.2 Å². The van der Waals surface area contributed by atoms with E-state index in [-0.39, 0.29) is 25.0 Å². The molecule has 10 nitrogen and oxygen atoms in total. The number of aliphatic hydroxyl groups excluding tert-OH is 1. The molecule has 4 rings (SSSR count). The molecule has 4 saturated heterocycles. The van der Waals surface area contributed by atoms with Gasteiger partial charge in [0.25, 0.3) is 0 Å². The molecule has 0 aliphatic carbocycles.